The van der Waals surface area contributed by atoms with Gasteiger partial charge in [-0.2, -0.15) is 0 Å². The lowest BCUT2D eigenvalue weighted by Gasteiger charge is -2.58. The quantitative estimate of drug-likeness (QED) is 0.175. The Bertz CT molecular complexity index is 1390. The normalized spacial score (nSPS) is 30.3. The third-order valence-corrected chi connectivity index (χ3v) is 9.89. The first-order valence-electron chi connectivity index (χ1n) is 15.4. The Balaban J connectivity index is 1.90. The third-order valence-electron chi connectivity index (χ3n) is 9.89. The largest absolute Gasteiger partial charge is 0.481 e. The zero-order valence-corrected chi connectivity index (χ0v) is 26.1. The van der Waals surface area contributed by atoms with Crippen molar-refractivity contribution in [3.05, 3.63) is 47.6 Å². The molecule has 12 nitrogen and oxygen atoms in total. The summed E-state index contributed by atoms with van der Waals surface area (Å²) in [7, 11) is 0. The van der Waals surface area contributed by atoms with Crippen LogP contribution in [-0.2, 0) is 33.5 Å². The average Bonchev–Trinajstić information content (AvgIpc) is 3.48. The van der Waals surface area contributed by atoms with Gasteiger partial charge in [0.2, 0.25) is 5.91 Å². The van der Waals surface area contributed by atoms with E-state index in [2.05, 4.69) is 0 Å². The lowest BCUT2D eigenvalue weighted by atomic mass is 9.48. The molecular weight excluding hydrogens is 584 g/mol. The van der Waals surface area contributed by atoms with Crippen molar-refractivity contribution in [1.82, 2.24) is 9.80 Å². The van der Waals surface area contributed by atoms with E-state index in [0.29, 0.717) is 24.0 Å². The zero-order valence-electron chi connectivity index (χ0n) is 26.1. The van der Waals surface area contributed by atoms with Gasteiger partial charge in [-0.25, -0.2) is 14.4 Å². The van der Waals surface area contributed by atoms with Crippen molar-refractivity contribution in [2.75, 3.05) is 6.54 Å². The number of allylic oxidation sites excluding steroid dienone is 5. The summed E-state index contributed by atoms with van der Waals surface area (Å²) in [5.41, 5.74) is -0.770. The van der Waals surface area contributed by atoms with Crippen LogP contribution in [0, 0.1) is 16.7 Å². The molecule has 1 saturated carbocycles. The Morgan fingerprint density at radius 3 is 2.33 bits per heavy atom. The second-order valence-corrected chi connectivity index (χ2v) is 13.2. The van der Waals surface area contributed by atoms with E-state index in [-0.39, 0.29) is 25.8 Å². The molecule has 4 rings (SSSR count). The summed E-state index contributed by atoms with van der Waals surface area (Å²) in [4.78, 5) is 79.7. The number of carbonyl (C=O) groups is 6. The van der Waals surface area contributed by atoms with Gasteiger partial charge in [-0.3, -0.25) is 14.4 Å². The lowest BCUT2D eigenvalue weighted by Crippen LogP contribution is -2.64. The number of hydrogen-bond acceptors (Lipinski definition) is 7. The highest BCUT2D eigenvalue weighted by Crippen LogP contribution is 2.62. The molecule has 0 radical (unpaired) electrons. The first-order valence-corrected chi connectivity index (χ1v) is 15.4. The molecule has 2 fully saturated rings. The van der Waals surface area contributed by atoms with Gasteiger partial charge < -0.3 is 29.9 Å². The standard InChI is InChI=1S/C33H42N2O10/c1-5-6-7-8-9-11-24(39)45-27-26(35-21(31(43)44)12-14-22(35)36)19-18-34(20(30(41)42)13-15-23(37)38)29(40)25(19)33(4)17-10-16-32(2,3)28(27)33/h5-9,11,20-21,26-28H,10,12-18H2,1-4H3,(H,37,38)(H,41,42)(H,43,44)/b6-5+,8-7+,11-9+/t20-,21-,26-,27-,28+,33+/m1/s1. The van der Waals surface area contributed by atoms with Gasteiger partial charge in [-0.15, -0.1) is 0 Å². The minimum atomic E-state index is -1.46. The van der Waals surface area contributed by atoms with Gasteiger partial charge in [0.25, 0.3) is 5.91 Å². The molecule has 2 heterocycles. The Kier molecular flexibility index (Phi) is 9.74. The molecule has 0 aromatic carbocycles. The van der Waals surface area contributed by atoms with E-state index >= 15 is 0 Å². The Morgan fingerprint density at radius 2 is 1.71 bits per heavy atom. The summed E-state index contributed by atoms with van der Waals surface area (Å²) in [6.45, 7) is 7.48. The van der Waals surface area contributed by atoms with Crippen molar-refractivity contribution in [2.24, 2.45) is 16.7 Å². The molecule has 2 aliphatic carbocycles. The Hall–Kier alpha value is -4.22. The third kappa shape index (κ3) is 6.32. The van der Waals surface area contributed by atoms with Crippen LogP contribution in [0.2, 0.25) is 0 Å². The van der Waals surface area contributed by atoms with Crippen molar-refractivity contribution in [3.8, 4) is 0 Å². The highest BCUT2D eigenvalue weighted by atomic mass is 16.5. The van der Waals surface area contributed by atoms with Crippen LogP contribution < -0.4 is 0 Å². The number of carboxylic acids is 3. The minimum absolute atomic E-state index is 0.0307. The average molecular weight is 627 g/mol. The fourth-order valence-electron chi connectivity index (χ4n) is 8.24. The first kappa shape index (κ1) is 33.7. The fraction of sp³-hybridized carbons (Fsp3) is 0.576. The smallest absolute Gasteiger partial charge is 0.331 e. The van der Waals surface area contributed by atoms with Crippen molar-refractivity contribution in [2.45, 2.75) is 96.9 Å². The van der Waals surface area contributed by atoms with Crippen LogP contribution in [0.25, 0.3) is 0 Å². The van der Waals surface area contributed by atoms with Gasteiger partial charge in [-0.1, -0.05) is 57.6 Å². The molecule has 12 heteroatoms. The van der Waals surface area contributed by atoms with Crippen LogP contribution in [-0.4, -0.2) is 91.6 Å². The van der Waals surface area contributed by atoms with Crippen molar-refractivity contribution in [3.63, 3.8) is 0 Å². The molecule has 0 unspecified atom stereocenters. The van der Waals surface area contributed by atoms with Gasteiger partial charge in [0.05, 0.1) is 6.04 Å². The summed E-state index contributed by atoms with van der Waals surface area (Å²) in [6, 6.07) is -3.83. The number of ether oxygens (including phenoxy) is 1. The molecule has 0 bridgehead atoms. The number of aliphatic carboxylic acids is 3. The van der Waals surface area contributed by atoms with Crippen LogP contribution in [0.4, 0.5) is 0 Å². The topological polar surface area (TPSA) is 179 Å². The summed E-state index contributed by atoms with van der Waals surface area (Å²) >= 11 is 0. The molecule has 1 saturated heterocycles. The molecule has 244 valence electrons. The highest BCUT2D eigenvalue weighted by Gasteiger charge is 2.65. The maximum Gasteiger partial charge on any atom is 0.331 e. The summed E-state index contributed by atoms with van der Waals surface area (Å²) in [5, 5.41) is 29.5. The number of rotatable bonds is 11. The van der Waals surface area contributed by atoms with E-state index in [1.165, 1.54) is 17.1 Å². The SMILES string of the molecule is C/C=C/C=C/C=C/C(=O)O[C@@H]1[C@H](N2C(=O)CC[C@@H]2C(=O)O)C2=C(C(=O)N([C@H](CCC(=O)O)C(=O)O)C2)[C@]2(C)CCCC(C)(C)[C@H]12. The van der Waals surface area contributed by atoms with Crippen LogP contribution in [0.5, 0.6) is 0 Å². The van der Waals surface area contributed by atoms with E-state index in [4.69, 9.17) is 4.74 Å². The molecule has 0 spiro atoms. The van der Waals surface area contributed by atoms with Crippen LogP contribution >= 0.6 is 0 Å². The van der Waals surface area contributed by atoms with Crippen LogP contribution in [0.15, 0.2) is 47.6 Å². The maximum atomic E-state index is 14.3. The monoisotopic (exact) mass is 626 g/mol. The van der Waals surface area contributed by atoms with Crippen LogP contribution in [0.1, 0.15) is 72.6 Å². The number of nitrogens with zero attached hydrogens (tertiary/aromatic N) is 2. The first-order chi connectivity index (χ1) is 21.2. The van der Waals surface area contributed by atoms with Gasteiger partial charge in [0, 0.05) is 42.4 Å². The number of carboxylic acid groups (broad SMARTS) is 3. The molecule has 2 aliphatic heterocycles. The van der Waals surface area contributed by atoms with E-state index in [9.17, 15) is 44.1 Å². The predicted molar refractivity (Wildman–Crippen MR) is 161 cm³/mol. The Morgan fingerprint density at radius 1 is 1.02 bits per heavy atom. The van der Waals surface area contributed by atoms with Crippen molar-refractivity contribution < 1.29 is 48.8 Å². The van der Waals surface area contributed by atoms with Crippen LogP contribution in [0.3, 0.4) is 0 Å². The molecule has 4 aliphatic rings. The second-order valence-electron chi connectivity index (χ2n) is 13.2. The molecule has 6 atom stereocenters. The number of fused-ring (bicyclic) bond motifs is 2. The molecule has 2 amide bonds. The summed E-state index contributed by atoms with van der Waals surface area (Å²) in [6.07, 6.45) is 9.82. The molecule has 0 aromatic rings. The predicted octanol–water partition coefficient (Wildman–Crippen LogP) is 3.33. The number of likely N-dealkylation sites (tertiary alicyclic amines) is 1. The van der Waals surface area contributed by atoms with Gasteiger partial charge >= 0.3 is 23.9 Å². The van der Waals surface area contributed by atoms with Gasteiger partial charge in [-0.05, 0) is 43.6 Å². The summed E-state index contributed by atoms with van der Waals surface area (Å²) in [5.74, 6) is -6.09. The van der Waals surface area contributed by atoms with Crippen molar-refractivity contribution >= 4 is 35.7 Å². The highest BCUT2D eigenvalue weighted by molar-refractivity contribution is 6.02. The molecular formula is C33H42N2O10. The minimum Gasteiger partial charge on any atom is -0.481 e. The Labute approximate surface area is 262 Å². The molecule has 3 N–H and O–H groups in total. The summed E-state index contributed by atoms with van der Waals surface area (Å²) < 4.78 is 6.21. The van der Waals surface area contributed by atoms with Gasteiger partial charge in [0.1, 0.15) is 18.2 Å². The molecule has 45 heavy (non-hydrogen) atoms. The number of hydrogen-bond donors (Lipinski definition) is 3. The maximum absolute atomic E-state index is 14.3. The lowest BCUT2D eigenvalue weighted by molar-refractivity contribution is -0.171. The van der Waals surface area contributed by atoms with Crippen molar-refractivity contribution in [1.29, 1.82) is 0 Å². The molecule has 0 aromatic heterocycles. The zero-order chi connectivity index (χ0) is 33.3. The second kappa shape index (κ2) is 13.0. The van der Waals surface area contributed by atoms with E-state index < -0.39 is 83.1 Å². The van der Waals surface area contributed by atoms with E-state index in [1.807, 2.05) is 33.8 Å². The van der Waals surface area contributed by atoms with E-state index in [1.54, 1.807) is 18.2 Å². The van der Waals surface area contributed by atoms with E-state index in [0.717, 1.165) is 11.3 Å². The fourth-order valence-corrected chi connectivity index (χ4v) is 8.24. The number of carbonyl (C=O) groups excluding carboxylic acids is 3. The number of amides is 2. The number of esters is 1. The van der Waals surface area contributed by atoms with Gasteiger partial charge in [0.15, 0.2) is 0 Å².